The van der Waals surface area contributed by atoms with Gasteiger partial charge in [0, 0.05) is 11.8 Å². The average molecular weight is 431 g/mol. The van der Waals surface area contributed by atoms with Crippen molar-refractivity contribution in [1.82, 2.24) is 5.01 Å². The first-order valence-corrected chi connectivity index (χ1v) is 10.2. The molecule has 0 N–H and O–H groups in total. The Hall–Kier alpha value is -3.94. The molecular weight excluding hydrogens is 410 g/mol. The number of rotatable bonds is 5. The van der Waals surface area contributed by atoms with E-state index in [1.807, 2.05) is 6.08 Å². The van der Waals surface area contributed by atoms with Crippen LogP contribution < -0.4 is 14.4 Å². The van der Waals surface area contributed by atoms with Crippen molar-refractivity contribution in [3.8, 4) is 11.5 Å². The van der Waals surface area contributed by atoms with Gasteiger partial charge in [-0.2, -0.15) is 5.10 Å². The van der Waals surface area contributed by atoms with E-state index in [4.69, 9.17) is 9.47 Å². The Balaban J connectivity index is 1.57. The molecule has 5 rings (SSSR count). The van der Waals surface area contributed by atoms with E-state index in [0.717, 1.165) is 4.90 Å². The van der Waals surface area contributed by atoms with Gasteiger partial charge in [-0.1, -0.05) is 18.2 Å². The van der Waals surface area contributed by atoms with Crippen molar-refractivity contribution in [1.29, 1.82) is 0 Å². The lowest BCUT2D eigenvalue weighted by atomic mass is 9.86. The Bertz CT molecular complexity index is 1160. The minimum absolute atomic E-state index is 0.263. The van der Waals surface area contributed by atoms with Crippen LogP contribution in [0.3, 0.4) is 0 Å². The molecule has 2 saturated heterocycles. The van der Waals surface area contributed by atoms with Crippen LogP contribution in [0.5, 0.6) is 11.5 Å². The fourth-order valence-corrected chi connectivity index (χ4v) is 4.82. The average Bonchev–Trinajstić information content (AvgIpc) is 3.31. The van der Waals surface area contributed by atoms with E-state index in [1.165, 1.54) is 7.11 Å². The summed E-state index contributed by atoms with van der Waals surface area (Å²) in [7, 11) is 3.04. The molecule has 2 aromatic rings. The summed E-state index contributed by atoms with van der Waals surface area (Å²) in [6.45, 7) is 0. The quantitative estimate of drug-likeness (QED) is 0.533. The van der Waals surface area contributed by atoms with Gasteiger partial charge < -0.3 is 9.47 Å². The number of imide groups is 1. The maximum atomic E-state index is 13.6. The van der Waals surface area contributed by atoms with Crippen LogP contribution in [0.15, 0.2) is 65.8 Å². The molecular formula is C24H21N3O5. The summed E-state index contributed by atoms with van der Waals surface area (Å²) in [5, 5.41) is 5.96. The molecule has 8 nitrogen and oxygen atoms in total. The van der Waals surface area contributed by atoms with Crippen molar-refractivity contribution in [2.75, 3.05) is 19.1 Å². The number of carbonyl (C=O) groups is 3. The molecule has 162 valence electrons. The molecule has 3 aliphatic rings. The van der Waals surface area contributed by atoms with E-state index in [0.29, 0.717) is 22.7 Å². The largest absolute Gasteiger partial charge is 0.497 e. The maximum Gasteiger partial charge on any atom is 0.240 e. The lowest BCUT2D eigenvalue weighted by molar-refractivity contribution is -0.123. The van der Waals surface area contributed by atoms with Gasteiger partial charge >= 0.3 is 0 Å². The van der Waals surface area contributed by atoms with Gasteiger partial charge in [-0.15, -0.1) is 0 Å². The summed E-state index contributed by atoms with van der Waals surface area (Å²) < 4.78 is 10.5. The predicted molar refractivity (Wildman–Crippen MR) is 117 cm³/mol. The van der Waals surface area contributed by atoms with Crippen molar-refractivity contribution in [2.24, 2.45) is 16.9 Å². The smallest absolute Gasteiger partial charge is 0.240 e. The number of carbonyl (C=O) groups excluding carboxylic acids is 3. The first-order valence-electron chi connectivity index (χ1n) is 10.2. The molecule has 0 unspecified atom stereocenters. The van der Waals surface area contributed by atoms with Crippen molar-refractivity contribution in [3.63, 3.8) is 0 Å². The number of fused-ring (bicyclic) bond motifs is 3. The second kappa shape index (κ2) is 7.64. The van der Waals surface area contributed by atoms with Gasteiger partial charge in [0.15, 0.2) is 5.78 Å². The second-order valence-corrected chi connectivity index (χ2v) is 7.79. The normalized spacial score (nSPS) is 25.7. The van der Waals surface area contributed by atoms with Crippen LogP contribution in [0.25, 0.3) is 0 Å². The highest BCUT2D eigenvalue weighted by molar-refractivity contribution is 6.25. The van der Waals surface area contributed by atoms with Crippen molar-refractivity contribution in [2.45, 2.75) is 12.1 Å². The monoisotopic (exact) mass is 431 g/mol. The summed E-state index contributed by atoms with van der Waals surface area (Å²) in [5.74, 6) is -1.57. The summed E-state index contributed by atoms with van der Waals surface area (Å²) in [6, 6.07) is 12.2. The number of ketones is 1. The number of anilines is 1. The summed E-state index contributed by atoms with van der Waals surface area (Å²) in [5.41, 5.74) is 0.806. The van der Waals surface area contributed by atoms with Crippen molar-refractivity contribution < 1.29 is 23.9 Å². The molecule has 0 spiro atoms. The van der Waals surface area contributed by atoms with E-state index in [-0.39, 0.29) is 11.7 Å². The SMILES string of the molecule is COc1ccc(C(=O)[C@H]2[C@H]3C(=O)N(c4ccccc4OC)C(=O)[C@H]3[C@H]3C=CC=NN32)cc1. The topological polar surface area (TPSA) is 88.5 Å². The van der Waals surface area contributed by atoms with Gasteiger partial charge in [0.25, 0.3) is 0 Å². The zero-order valence-electron chi connectivity index (χ0n) is 17.5. The lowest BCUT2D eigenvalue weighted by Crippen LogP contribution is -2.46. The van der Waals surface area contributed by atoms with Gasteiger partial charge in [0.2, 0.25) is 11.8 Å². The minimum Gasteiger partial charge on any atom is -0.497 e. The second-order valence-electron chi connectivity index (χ2n) is 7.79. The molecule has 0 saturated carbocycles. The third-order valence-corrected chi connectivity index (χ3v) is 6.26. The molecule has 8 heteroatoms. The number of hydrazone groups is 1. The first-order chi connectivity index (χ1) is 15.6. The van der Waals surface area contributed by atoms with Crippen LogP contribution >= 0.6 is 0 Å². The minimum atomic E-state index is -0.893. The Morgan fingerprint density at radius 2 is 1.66 bits per heavy atom. The summed E-state index contributed by atoms with van der Waals surface area (Å²) in [6.07, 6.45) is 5.13. The molecule has 3 heterocycles. The van der Waals surface area contributed by atoms with E-state index in [9.17, 15) is 14.4 Å². The number of Topliss-reactive ketones (excluding diaryl/α,β-unsaturated/α-hetero) is 1. The molecule has 0 aromatic heterocycles. The number of benzene rings is 2. The highest BCUT2D eigenvalue weighted by Gasteiger charge is 2.64. The summed E-state index contributed by atoms with van der Waals surface area (Å²) in [4.78, 5) is 41.9. The molecule has 0 bridgehead atoms. The van der Waals surface area contributed by atoms with Gasteiger partial charge in [-0.3, -0.25) is 19.4 Å². The number of allylic oxidation sites excluding steroid dienone is 1. The molecule has 0 radical (unpaired) electrons. The molecule has 2 amide bonds. The molecule has 2 fully saturated rings. The zero-order valence-corrected chi connectivity index (χ0v) is 17.5. The summed E-state index contributed by atoms with van der Waals surface area (Å²) >= 11 is 0. The highest BCUT2D eigenvalue weighted by Crippen LogP contribution is 2.47. The van der Waals surface area contributed by atoms with Crippen molar-refractivity contribution in [3.05, 3.63) is 66.2 Å². The van der Waals surface area contributed by atoms with Crippen LogP contribution in [-0.2, 0) is 9.59 Å². The van der Waals surface area contributed by atoms with Gasteiger partial charge in [0.05, 0.1) is 37.8 Å². The number of methoxy groups -OCH3 is 2. The number of nitrogens with zero attached hydrogens (tertiary/aromatic N) is 3. The van der Waals surface area contributed by atoms with Gasteiger partial charge in [-0.25, -0.2) is 4.90 Å². The molecule has 32 heavy (non-hydrogen) atoms. The van der Waals surface area contributed by atoms with Gasteiger partial charge in [-0.05, 0) is 42.5 Å². The van der Waals surface area contributed by atoms with Gasteiger partial charge in [0.1, 0.15) is 17.5 Å². The number of ether oxygens (including phenoxy) is 2. The number of hydrogen-bond donors (Lipinski definition) is 0. The van der Waals surface area contributed by atoms with E-state index < -0.39 is 29.8 Å². The number of para-hydroxylation sites is 2. The predicted octanol–water partition coefficient (Wildman–Crippen LogP) is 2.30. The molecule has 2 aromatic carbocycles. The van der Waals surface area contributed by atoms with Crippen LogP contribution in [-0.4, -0.2) is 55.1 Å². The molecule has 3 aliphatic heterocycles. The van der Waals surface area contributed by atoms with E-state index >= 15 is 0 Å². The third kappa shape index (κ3) is 2.83. The fourth-order valence-electron chi connectivity index (χ4n) is 4.82. The maximum absolute atomic E-state index is 13.6. The zero-order chi connectivity index (χ0) is 22.4. The van der Waals surface area contributed by atoms with Crippen LogP contribution in [0, 0.1) is 11.8 Å². The van der Waals surface area contributed by atoms with E-state index in [2.05, 4.69) is 5.10 Å². The standard InChI is InChI=1S/C24H21N3O5/c1-31-15-11-9-14(10-12-15)22(28)21-20-19(17-7-5-13-25-27(17)21)23(29)26(24(20)30)16-6-3-4-8-18(16)32-2/h3-13,17,19-21H,1-2H3/t17-,19+,20+,21-/m1/s1. The Morgan fingerprint density at radius 1 is 0.938 bits per heavy atom. The third-order valence-electron chi connectivity index (χ3n) is 6.26. The molecule has 0 aliphatic carbocycles. The fraction of sp³-hybridized carbons (Fsp3) is 0.250. The first kappa shape index (κ1) is 20.0. The van der Waals surface area contributed by atoms with Crippen LogP contribution in [0.4, 0.5) is 5.69 Å². The Labute approximate surface area is 184 Å². The number of hydrogen-bond acceptors (Lipinski definition) is 7. The lowest BCUT2D eigenvalue weighted by Gasteiger charge is -2.30. The number of amides is 2. The van der Waals surface area contributed by atoms with Crippen LogP contribution in [0.2, 0.25) is 0 Å². The highest BCUT2D eigenvalue weighted by atomic mass is 16.5. The van der Waals surface area contributed by atoms with Crippen LogP contribution in [0.1, 0.15) is 10.4 Å². The van der Waals surface area contributed by atoms with Crippen molar-refractivity contribution >= 4 is 29.5 Å². The Kier molecular flexibility index (Phi) is 4.77. The van der Waals surface area contributed by atoms with E-state index in [1.54, 1.807) is 72.9 Å². The Morgan fingerprint density at radius 3 is 2.38 bits per heavy atom. The molecule has 4 atom stereocenters.